The van der Waals surface area contributed by atoms with E-state index in [0.717, 1.165) is 12.0 Å². The molecule has 0 bridgehead atoms. The molecule has 0 radical (unpaired) electrons. The van der Waals surface area contributed by atoms with E-state index in [1.807, 2.05) is 54.0 Å². The summed E-state index contributed by atoms with van der Waals surface area (Å²) >= 11 is 1.87. The Morgan fingerprint density at radius 2 is 2.05 bits per heavy atom. The Morgan fingerprint density at radius 3 is 2.67 bits per heavy atom. The Hall–Kier alpha value is -0.710. The lowest BCUT2D eigenvalue weighted by atomic mass is 10.0. The fourth-order valence-electron chi connectivity index (χ4n) is 3.00. The molecule has 5 heteroatoms. The standard InChI is InChI=1S/C16H24N2OS.ClH/c1-18(14-9-6-10-15(14)20-2)16(19)13(17)11-12-7-4-3-5-8-12;/h3-5,7-8,13-15H,6,9-11,17H2,1-2H3;1H/t13-,14?,15?;/m0./s1. The van der Waals surface area contributed by atoms with Crippen molar-refractivity contribution in [3.63, 3.8) is 0 Å². The number of carbonyl (C=O) groups is 1. The molecule has 1 aliphatic carbocycles. The van der Waals surface area contributed by atoms with Crippen molar-refractivity contribution in [2.45, 2.75) is 43.0 Å². The Labute approximate surface area is 138 Å². The van der Waals surface area contributed by atoms with Crippen LogP contribution in [-0.2, 0) is 11.2 Å². The molecule has 2 unspecified atom stereocenters. The minimum absolute atomic E-state index is 0. The normalized spacial score (nSPS) is 22.4. The number of nitrogens with two attached hydrogens (primary N) is 1. The molecule has 0 aliphatic heterocycles. The molecule has 0 spiro atoms. The van der Waals surface area contributed by atoms with E-state index in [0.29, 0.717) is 17.7 Å². The van der Waals surface area contributed by atoms with Crippen molar-refractivity contribution in [3.8, 4) is 0 Å². The molecule has 0 aromatic heterocycles. The molecule has 1 aliphatic rings. The van der Waals surface area contributed by atoms with E-state index in [4.69, 9.17) is 5.73 Å². The van der Waals surface area contributed by atoms with Gasteiger partial charge in [-0.25, -0.2) is 0 Å². The highest BCUT2D eigenvalue weighted by atomic mass is 35.5. The highest BCUT2D eigenvalue weighted by Gasteiger charge is 2.33. The number of nitrogens with zero attached hydrogens (tertiary/aromatic N) is 1. The van der Waals surface area contributed by atoms with Crippen molar-refractivity contribution >= 4 is 30.1 Å². The molecule has 118 valence electrons. The van der Waals surface area contributed by atoms with Crippen molar-refractivity contribution in [1.82, 2.24) is 4.90 Å². The van der Waals surface area contributed by atoms with Crippen LogP contribution in [0, 0.1) is 0 Å². The van der Waals surface area contributed by atoms with E-state index in [1.165, 1.54) is 12.8 Å². The quantitative estimate of drug-likeness (QED) is 0.904. The van der Waals surface area contributed by atoms with Gasteiger partial charge in [-0.3, -0.25) is 4.79 Å². The van der Waals surface area contributed by atoms with Gasteiger partial charge in [0, 0.05) is 18.3 Å². The predicted molar refractivity (Wildman–Crippen MR) is 93.1 cm³/mol. The van der Waals surface area contributed by atoms with Crippen LogP contribution < -0.4 is 5.73 Å². The first-order valence-corrected chi connectivity index (χ1v) is 8.51. The van der Waals surface area contributed by atoms with Crippen molar-refractivity contribution < 1.29 is 4.79 Å². The lowest BCUT2D eigenvalue weighted by molar-refractivity contribution is -0.133. The summed E-state index contributed by atoms with van der Waals surface area (Å²) in [6.45, 7) is 0. The molecule has 1 fully saturated rings. The molecule has 2 N–H and O–H groups in total. The molecule has 3 nitrogen and oxygen atoms in total. The Morgan fingerprint density at radius 1 is 1.38 bits per heavy atom. The summed E-state index contributed by atoms with van der Waals surface area (Å²) in [5, 5.41) is 0.563. The molecular formula is C16H25ClN2OS. The maximum atomic E-state index is 12.5. The monoisotopic (exact) mass is 328 g/mol. The molecule has 3 atom stereocenters. The Kier molecular flexibility index (Phi) is 7.57. The fraction of sp³-hybridized carbons (Fsp3) is 0.562. The SMILES string of the molecule is CSC1CCCC1N(C)C(=O)[C@@H](N)Cc1ccccc1.Cl. The zero-order chi connectivity index (χ0) is 14.5. The number of rotatable bonds is 5. The second kappa shape index (κ2) is 8.66. The number of amides is 1. The summed E-state index contributed by atoms with van der Waals surface area (Å²) in [4.78, 5) is 14.4. The highest BCUT2D eigenvalue weighted by Crippen LogP contribution is 2.31. The van der Waals surface area contributed by atoms with E-state index < -0.39 is 6.04 Å². The molecule has 0 heterocycles. The van der Waals surface area contributed by atoms with Crippen LogP contribution in [0.5, 0.6) is 0 Å². The third-order valence-corrected chi connectivity index (χ3v) is 5.34. The van der Waals surface area contributed by atoms with Gasteiger partial charge in [0.25, 0.3) is 0 Å². The largest absolute Gasteiger partial charge is 0.340 e. The molecule has 1 amide bonds. The summed E-state index contributed by atoms with van der Waals surface area (Å²) in [6, 6.07) is 9.89. The fourth-order valence-corrected chi connectivity index (χ4v) is 4.04. The van der Waals surface area contributed by atoms with Crippen LogP contribution in [0.2, 0.25) is 0 Å². The highest BCUT2D eigenvalue weighted by molar-refractivity contribution is 7.99. The van der Waals surface area contributed by atoms with E-state index in [-0.39, 0.29) is 18.3 Å². The number of thioether (sulfide) groups is 1. The molecule has 1 saturated carbocycles. The first-order valence-electron chi connectivity index (χ1n) is 7.22. The van der Waals surface area contributed by atoms with Gasteiger partial charge in [0.2, 0.25) is 5.91 Å². The maximum Gasteiger partial charge on any atom is 0.239 e. The smallest absolute Gasteiger partial charge is 0.239 e. The number of likely N-dealkylation sites (N-methyl/N-ethyl adjacent to an activating group) is 1. The van der Waals surface area contributed by atoms with Gasteiger partial charge in [-0.1, -0.05) is 36.8 Å². The lowest BCUT2D eigenvalue weighted by Crippen LogP contribution is -2.49. The van der Waals surface area contributed by atoms with Crippen LogP contribution >= 0.6 is 24.2 Å². The van der Waals surface area contributed by atoms with Gasteiger partial charge in [-0.05, 0) is 31.1 Å². The van der Waals surface area contributed by atoms with E-state index >= 15 is 0 Å². The number of carbonyl (C=O) groups excluding carboxylic acids is 1. The molecule has 0 saturated heterocycles. The first-order chi connectivity index (χ1) is 9.63. The summed E-state index contributed by atoms with van der Waals surface area (Å²) in [6.07, 6.45) is 6.26. The first kappa shape index (κ1) is 18.3. The zero-order valence-electron chi connectivity index (χ0n) is 12.7. The molecule has 2 rings (SSSR count). The van der Waals surface area contributed by atoms with Gasteiger partial charge in [0.15, 0.2) is 0 Å². The minimum Gasteiger partial charge on any atom is -0.340 e. The van der Waals surface area contributed by atoms with Gasteiger partial charge < -0.3 is 10.6 Å². The van der Waals surface area contributed by atoms with Gasteiger partial charge in [0.05, 0.1) is 6.04 Å². The third-order valence-electron chi connectivity index (χ3n) is 4.18. The summed E-state index contributed by atoms with van der Waals surface area (Å²) in [7, 11) is 1.91. The van der Waals surface area contributed by atoms with Gasteiger partial charge in [-0.15, -0.1) is 12.4 Å². The minimum atomic E-state index is -0.439. The van der Waals surface area contributed by atoms with Crippen LogP contribution in [0.3, 0.4) is 0 Å². The van der Waals surface area contributed by atoms with Crippen LogP contribution in [0.4, 0.5) is 0 Å². The average Bonchev–Trinajstić information content (AvgIpc) is 2.95. The summed E-state index contributed by atoms with van der Waals surface area (Å²) < 4.78 is 0. The summed E-state index contributed by atoms with van der Waals surface area (Å²) in [5.41, 5.74) is 7.23. The number of hydrogen-bond donors (Lipinski definition) is 1. The number of benzene rings is 1. The van der Waals surface area contributed by atoms with Crippen LogP contribution in [0.25, 0.3) is 0 Å². The Balaban J connectivity index is 0.00000220. The Bertz CT molecular complexity index is 443. The van der Waals surface area contributed by atoms with Crippen LogP contribution in [0.15, 0.2) is 30.3 Å². The second-order valence-corrected chi connectivity index (χ2v) is 6.59. The van der Waals surface area contributed by atoms with Crippen molar-refractivity contribution in [1.29, 1.82) is 0 Å². The molecule has 1 aromatic rings. The number of halogens is 1. The molecule has 21 heavy (non-hydrogen) atoms. The zero-order valence-corrected chi connectivity index (χ0v) is 14.3. The van der Waals surface area contributed by atoms with Crippen molar-refractivity contribution in [2.75, 3.05) is 13.3 Å². The van der Waals surface area contributed by atoms with Crippen molar-refractivity contribution in [3.05, 3.63) is 35.9 Å². The van der Waals surface area contributed by atoms with Crippen LogP contribution in [-0.4, -0.2) is 41.4 Å². The van der Waals surface area contributed by atoms with Gasteiger partial charge in [0.1, 0.15) is 0 Å². The predicted octanol–water partition coefficient (Wildman–Crippen LogP) is 2.72. The van der Waals surface area contributed by atoms with Crippen LogP contribution in [0.1, 0.15) is 24.8 Å². The average molecular weight is 329 g/mol. The topological polar surface area (TPSA) is 46.3 Å². The third kappa shape index (κ3) is 4.63. The van der Waals surface area contributed by atoms with Gasteiger partial charge in [-0.2, -0.15) is 11.8 Å². The van der Waals surface area contributed by atoms with Crippen molar-refractivity contribution in [2.24, 2.45) is 5.73 Å². The molecule has 1 aromatic carbocycles. The van der Waals surface area contributed by atoms with E-state index in [2.05, 4.69) is 6.26 Å². The lowest BCUT2D eigenvalue weighted by Gasteiger charge is -2.31. The van der Waals surface area contributed by atoms with E-state index in [9.17, 15) is 4.79 Å². The van der Waals surface area contributed by atoms with Gasteiger partial charge >= 0.3 is 0 Å². The number of hydrogen-bond acceptors (Lipinski definition) is 3. The molecular weight excluding hydrogens is 304 g/mol. The second-order valence-electron chi connectivity index (χ2n) is 5.52. The van der Waals surface area contributed by atoms with E-state index in [1.54, 1.807) is 0 Å². The maximum absolute atomic E-state index is 12.5. The summed E-state index contributed by atoms with van der Waals surface area (Å²) in [5.74, 6) is 0.0693.